The molecule has 1 heterocycles. The van der Waals surface area contributed by atoms with Crippen LogP contribution in [0.15, 0.2) is 72.9 Å². The third-order valence-corrected chi connectivity index (χ3v) is 5.58. The van der Waals surface area contributed by atoms with Crippen molar-refractivity contribution in [3.8, 4) is 11.1 Å². The van der Waals surface area contributed by atoms with E-state index >= 15 is 0 Å². The fourth-order valence-corrected chi connectivity index (χ4v) is 3.95. The summed E-state index contributed by atoms with van der Waals surface area (Å²) < 4.78 is 0. The van der Waals surface area contributed by atoms with Crippen LogP contribution in [0.3, 0.4) is 0 Å². The van der Waals surface area contributed by atoms with Gasteiger partial charge in [0.2, 0.25) is 5.91 Å². The summed E-state index contributed by atoms with van der Waals surface area (Å²) in [6.07, 6.45) is 1.95. The maximum Gasteiger partial charge on any atom is 0.255 e. The second kappa shape index (κ2) is 9.75. The molecule has 34 heavy (non-hydrogen) atoms. The zero-order chi connectivity index (χ0) is 24.2. The van der Waals surface area contributed by atoms with E-state index in [9.17, 15) is 9.59 Å². The summed E-state index contributed by atoms with van der Waals surface area (Å²) in [7, 11) is 0. The van der Waals surface area contributed by atoms with Crippen LogP contribution < -0.4 is 16.4 Å². The van der Waals surface area contributed by atoms with Crippen LogP contribution in [0.2, 0.25) is 0 Å². The van der Waals surface area contributed by atoms with E-state index in [-0.39, 0.29) is 23.7 Å². The highest BCUT2D eigenvalue weighted by Crippen LogP contribution is 2.28. The average molecular weight is 453 g/mol. The minimum absolute atomic E-state index is 0.00482. The second-order valence-electron chi connectivity index (χ2n) is 8.72. The molecule has 0 fully saturated rings. The van der Waals surface area contributed by atoms with Gasteiger partial charge in [0.05, 0.1) is 12.0 Å². The molecule has 0 atom stereocenters. The molecule has 4 aromatic rings. The average Bonchev–Trinajstić information content (AvgIpc) is 2.79. The summed E-state index contributed by atoms with van der Waals surface area (Å²) >= 11 is 0. The molecule has 172 valence electrons. The molecule has 4 N–H and O–H groups in total. The molecule has 0 unspecified atom stereocenters. The van der Waals surface area contributed by atoms with Crippen LogP contribution in [-0.4, -0.2) is 22.8 Å². The molecular weight excluding hydrogens is 424 g/mol. The van der Waals surface area contributed by atoms with Crippen molar-refractivity contribution >= 4 is 34.1 Å². The monoisotopic (exact) mass is 452 g/mol. The molecule has 0 aliphatic carbocycles. The third-order valence-electron chi connectivity index (χ3n) is 5.58. The number of nitrogens with one attached hydrogen (secondary N) is 2. The number of benzene rings is 3. The smallest absolute Gasteiger partial charge is 0.255 e. The summed E-state index contributed by atoms with van der Waals surface area (Å²) in [4.78, 5) is 29.3. The lowest BCUT2D eigenvalue weighted by atomic mass is 9.99. The molecule has 0 radical (unpaired) electrons. The van der Waals surface area contributed by atoms with E-state index in [0.29, 0.717) is 17.7 Å². The maximum absolute atomic E-state index is 12.6. The molecule has 0 aliphatic rings. The molecule has 0 saturated heterocycles. The first-order valence-electron chi connectivity index (χ1n) is 11.2. The quantitative estimate of drug-likeness (QED) is 0.379. The van der Waals surface area contributed by atoms with Gasteiger partial charge in [0.25, 0.3) is 5.91 Å². The Morgan fingerprint density at radius 1 is 0.971 bits per heavy atom. The van der Waals surface area contributed by atoms with E-state index in [1.54, 1.807) is 12.3 Å². The number of hydrogen-bond donors (Lipinski definition) is 3. The van der Waals surface area contributed by atoms with E-state index in [4.69, 9.17) is 5.73 Å². The SMILES string of the molecule is Cc1cc(NC(=O)Cc2ccc3ccccc3c2)ccc1-c1cnc(N)c(C(=O)NC(C)C)c1. The third kappa shape index (κ3) is 5.23. The number of hydrogen-bond acceptors (Lipinski definition) is 4. The molecule has 0 saturated carbocycles. The first-order valence-corrected chi connectivity index (χ1v) is 11.2. The molecule has 6 heteroatoms. The van der Waals surface area contributed by atoms with E-state index < -0.39 is 0 Å². The number of nitrogens with zero attached hydrogens (tertiary/aromatic N) is 1. The fraction of sp³-hybridized carbons (Fsp3) is 0.179. The van der Waals surface area contributed by atoms with Crippen molar-refractivity contribution in [2.75, 3.05) is 11.1 Å². The number of anilines is 2. The topological polar surface area (TPSA) is 97.1 Å². The lowest BCUT2D eigenvalue weighted by Gasteiger charge is -2.13. The molecule has 0 spiro atoms. The van der Waals surface area contributed by atoms with Gasteiger partial charge < -0.3 is 16.4 Å². The minimum atomic E-state index is -0.253. The molecule has 4 rings (SSSR count). The Labute approximate surface area is 199 Å². The van der Waals surface area contributed by atoms with Gasteiger partial charge in [-0.25, -0.2) is 4.98 Å². The van der Waals surface area contributed by atoms with Crippen molar-refractivity contribution in [1.82, 2.24) is 10.3 Å². The van der Waals surface area contributed by atoms with Gasteiger partial charge >= 0.3 is 0 Å². The van der Waals surface area contributed by atoms with Crippen molar-refractivity contribution < 1.29 is 9.59 Å². The Balaban J connectivity index is 1.49. The highest BCUT2D eigenvalue weighted by Gasteiger charge is 2.15. The largest absolute Gasteiger partial charge is 0.383 e. The Morgan fingerprint density at radius 3 is 2.47 bits per heavy atom. The van der Waals surface area contributed by atoms with Crippen LogP contribution in [0.25, 0.3) is 21.9 Å². The highest BCUT2D eigenvalue weighted by atomic mass is 16.2. The van der Waals surface area contributed by atoms with Gasteiger partial charge in [-0.05, 0) is 66.4 Å². The van der Waals surface area contributed by atoms with Gasteiger partial charge in [-0.3, -0.25) is 9.59 Å². The Bertz CT molecular complexity index is 1380. The van der Waals surface area contributed by atoms with Crippen LogP contribution in [0, 0.1) is 6.92 Å². The number of amides is 2. The number of nitrogen functional groups attached to an aromatic ring is 1. The van der Waals surface area contributed by atoms with Gasteiger partial charge in [0, 0.05) is 23.5 Å². The van der Waals surface area contributed by atoms with Crippen molar-refractivity contribution in [3.05, 3.63) is 89.6 Å². The fourth-order valence-electron chi connectivity index (χ4n) is 3.95. The van der Waals surface area contributed by atoms with Gasteiger partial charge in [-0.2, -0.15) is 0 Å². The standard InChI is InChI=1S/C28H28N4O2/c1-17(2)31-28(34)25-15-22(16-30-27(25)29)24-11-10-23(12-18(24)3)32-26(33)14-19-8-9-20-6-4-5-7-21(20)13-19/h4-13,15-17H,14H2,1-3H3,(H2,29,30)(H,31,34)(H,32,33). The number of pyridine rings is 1. The zero-order valence-corrected chi connectivity index (χ0v) is 19.6. The summed E-state index contributed by atoms with van der Waals surface area (Å²) in [5.74, 6) is -0.140. The van der Waals surface area contributed by atoms with E-state index in [1.807, 2.05) is 75.4 Å². The number of carbonyl (C=O) groups is 2. The Kier molecular flexibility index (Phi) is 6.59. The normalized spacial score (nSPS) is 10.9. The van der Waals surface area contributed by atoms with Crippen molar-refractivity contribution in [2.24, 2.45) is 0 Å². The lowest BCUT2D eigenvalue weighted by Crippen LogP contribution is -2.30. The molecule has 0 aliphatic heterocycles. The van der Waals surface area contributed by atoms with E-state index in [0.717, 1.165) is 33.0 Å². The van der Waals surface area contributed by atoms with Gasteiger partial charge in [-0.15, -0.1) is 0 Å². The molecular formula is C28H28N4O2. The van der Waals surface area contributed by atoms with Crippen molar-refractivity contribution in [3.63, 3.8) is 0 Å². The first-order chi connectivity index (χ1) is 16.3. The Morgan fingerprint density at radius 2 is 1.74 bits per heavy atom. The van der Waals surface area contributed by atoms with Crippen molar-refractivity contribution in [1.29, 1.82) is 0 Å². The van der Waals surface area contributed by atoms with Gasteiger partial charge in [0.15, 0.2) is 0 Å². The molecule has 6 nitrogen and oxygen atoms in total. The second-order valence-corrected chi connectivity index (χ2v) is 8.72. The summed E-state index contributed by atoms with van der Waals surface area (Å²) in [6, 6.07) is 21.6. The van der Waals surface area contributed by atoms with Crippen LogP contribution in [0.1, 0.15) is 35.3 Å². The van der Waals surface area contributed by atoms with Gasteiger partial charge in [0.1, 0.15) is 5.82 Å². The molecule has 1 aromatic heterocycles. The van der Waals surface area contributed by atoms with Crippen LogP contribution >= 0.6 is 0 Å². The number of fused-ring (bicyclic) bond motifs is 1. The summed E-state index contributed by atoms with van der Waals surface area (Å²) in [5, 5.41) is 8.10. The van der Waals surface area contributed by atoms with E-state index in [1.165, 1.54) is 0 Å². The number of aryl methyl sites for hydroxylation is 1. The maximum atomic E-state index is 12.6. The lowest BCUT2D eigenvalue weighted by molar-refractivity contribution is -0.115. The number of carbonyl (C=O) groups excluding carboxylic acids is 2. The molecule has 3 aromatic carbocycles. The molecule has 2 amide bonds. The van der Waals surface area contributed by atoms with E-state index in [2.05, 4.69) is 21.7 Å². The van der Waals surface area contributed by atoms with Crippen LogP contribution in [0.5, 0.6) is 0 Å². The highest BCUT2D eigenvalue weighted by molar-refractivity contribution is 6.00. The number of nitrogens with two attached hydrogens (primary N) is 1. The predicted molar refractivity (Wildman–Crippen MR) is 138 cm³/mol. The first kappa shape index (κ1) is 23.0. The zero-order valence-electron chi connectivity index (χ0n) is 19.6. The summed E-state index contributed by atoms with van der Waals surface area (Å²) in [5.41, 5.74) is 10.6. The van der Waals surface area contributed by atoms with Gasteiger partial charge in [-0.1, -0.05) is 48.5 Å². The summed E-state index contributed by atoms with van der Waals surface area (Å²) in [6.45, 7) is 5.74. The number of aromatic nitrogens is 1. The van der Waals surface area contributed by atoms with Crippen LogP contribution in [-0.2, 0) is 11.2 Å². The Hall–Kier alpha value is -4.19. The number of rotatable bonds is 6. The molecule has 0 bridgehead atoms. The van der Waals surface area contributed by atoms with Crippen LogP contribution in [0.4, 0.5) is 11.5 Å². The minimum Gasteiger partial charge on any atom is -0.383 e. The predicted octanol–water partition coefficient (Wildman–Crippen LogP) is 5.11. The van der Waals surface area contributed by atoms with Crippen molar-refractivity contribution in [2.45, 2.75) is 33.2 Å².